The van der Waals surface area contributed by atoms with Gasteiger partial charge in [0.2, 0.25) is 5.91 Å². The van der Waals surface area contributed by atoms with Gasteiger partial charge in [-0.15, -0.1) is 0 Å². The van der Waals surface area contributed by atoms with Crippen LogP contribution in [0.5, 0.6) is 0 Å². The van der Waals surface area contributed by atoms with Crippen LogP contribution in [0.1, 0.15) is 12.8 Å². The first kappa shape index (κ1) is 13.8. The lowest BCUT2D eigenvalue weighted by Gasteiger charge is -2.32. The second kappa shape index (κ2) is 7.07. The normalized spacial score (nSPS) is 24.1. The van der Waals surface area contributed by atoms with Crippen molar-refractivity contribution in [1.29, 1.82) is 0 Å². The number of piperidine rings is 1. The van der Waals surface area contributed by atoms with Crippen LogP contribution in [0.25, 0.3) is 0 Å². The number of amides is 1. The first-order chi connectivity index (χ1) is 8.75. The van der Waals surface area contributed by atoms with Crippen molar-refractivity contribution in [2.45, 2.75) is 12.8 Å². The summed E-state index contributed by atoms with van der Waals surface area (Å²) < 4.78 is 0. The van der Waals surface area contributed by atoms with Gasteiger partial charge in [0, 0.05) is 45.2 Å². The van der Waals surface area contributed by atoms with Crippen molar-refractivity contribution in [3.8, 4) is 0 Å². The number of nitrogens with one attached hydrogen (secondary N) is 2. The highest BCUT2D eigenvalue weighted by Gasteiger charge is 2.20. The number of likely N-dealkylation sites (N-methyl/N-ethyl adjacent to an activating group) is 1. The highest BCUT2D eigenvalue weighted by molar-refractivity contribution is 5.78. The van der Waals surface area contributed by atoms with E-state index < -0.39 is 0 Å². The Kier molecular flexibility index (Phi) is 5.41. The third-order valence-electron chi connectivity index (χ3n) is 4.03. The molecule has 2 N–H and O–H groups in total. The molecule has 0 aliphatic carbocycles. The van der Waals surface area contributed by atoms with Crippen molar-refractivity contribution in [1.82, 2.24) is 20.4 Å². The molecule has 0 saturated carbocycles. The highest BCUT2D eigenvalue weighted by Crippen LogP contribution is 2.11. The van der Waals surface area contributed by atoms with Gasteiger partial charge in [0.1, 0.15) is 0 Å². The van der Waals surface area contributed by atoms with E-state index in [9.17, 15) is 4.79 Å². The van der Waals surface area contributed by atoms with Crippen LogP contribution in [0.2, 0.25) is 0 Å². The molecule has 0 aromatic rings. The van der Waals surface area contributed by atoms with Gasteiger partial charge in [-0.3, -0.25) is 9.69 Å². The minimum atomic E-state index is 0.235. The van der Waals surface area contributed by atoms with Crippen molar-refractivity contribution in [2.24, 2.45) is 5.92 Å². The zero-order valence-corrected chi connectivity index (χ0v) is 11.5. The number of hydrogen-bond donors (Lipinski definition) is 2. The summed E-state index contributed by atoms with van der Waals surface area (Å²) in [5.74, 6) is 0.490. The van der Waals surface area contributed by atoms with E-state index in [2.05, 4.69) is 27.5 Å². The van der Waals surface area contributed by atoms with E-state index in [0.29, 0.717) is 0 Å². The lowest BCUT2D eigenvalue weighted by Crippen LogP contribution is -2.47. The highest BCUT2D eigenvalue weighted by atomic mass is 16.1. The quantitative estimate of drug-likeness (QED) is 0.700. The first-order valence-electron chi connectivity index (χ1n) is 7.15. The van der Waals surface area contributed by atoms with E-state index >= 15 is 0 Å². The maximum Gasteiger partial charge on any atom is 0.223 e. The molecule has 0 aromatic carbocycles. The monoisotopic (exact) mass is 254 g/mol. The minimum absolute atomic E-state index is 0.235. The zero-order valence-electron chi connectivity index (χ0n) is 11.5. The number of nitrogens with zero attached hydrogens (tertiary/aromatic N) is 2. The summed E-state index contributed by atoms with van der Waals surface area (Å²) in [6, 6.07) is 0. The molecule has 104 valence electrons. The van der Waals surface area contributed by atoms with Crippen LogP contribution in [0.15, 0.2) is 0 Å². The third kappa shape index (κ3) is 4.23. The van der Waals surface area contributed by atoms with Gasteiger partial charge in [0.25, 0.3) is 0 Å². The van der Waals surface area contributed by atoms with Crippen LogP contribution in [0, 0.1) is 5.92 Å². The van der Waals surface area contributed by atoms with Gasteiger partial charge in [-0.25, -0.2) is 0 Å². The van der Waals surface area contributed by atoms with Crippen LogP contribution in [0.4, 0.5) is 0 Å². The Morgan fingerprint density at radius 3 is 2.56 bits per heavy atom. The van der Waals surface area contributed by atoms with Crippen LogP contribution in [-0.4, -0.2) is 75.1 Å². The molecule has 1 amide bonds. The molecular weight excluding hydrogens is 228 g/mol. The SMILES string of the molecule is CN1CCN(CCNC(=O)C2CCNCC2)CC1. The summed E-state index contributed by atoms with van der Waals surface area (Å²) in [5.41, 5.74) is 0. The summed E-state index contributed by atoms with van der Waals surface area (Å²) in [6.45, 7) is 8.29. The van der Waals surface area contributed by atoms with E-state index in [4.69, 9.17) is 0 Å². The smallest absolute Gasteiger partial charge is 0.223 e. The fourth-order valence-electron chi connectivity index (χ4n) is 2.64. The summed E-state index contributed by atoms with van der Waals surface area (Å²) in [6.07, 6.45) is 1.97. The molecule has 0 atom stereocenters. The van der Waals surface area contributed by atoms with Crippen molar-refractivity contribution in [3.05, 3.63) is 0 Å². The molecule has 18 heavy (non-hydrogen) atoms. The van der Waals surface area contributed by atoms with Crippen molar-refractivity contribution >= 4 is 5.91 Å². The largest absolute Gasteiger partial charge is 0.355 e. The van der Waals surface area contributed by atoms with E-state index in [1.54, 1.807) is 0 Å². The molecule has 2 rings (SSSR count). The molecule has 5 nitrogen and oxygen atoms in total. The van der Waals surface area contributed by atoms with E-state index in [0.717, 1.165) is 65.2 Å². The molecule has 2 heterocycles. The molecule has 0 aromatic heterocycles. The van der Waals surface area contributed by atoms with Gasteiger partial charge in [-0.2, -0.15) is 0 Å². The van der Waals surface area contributed by atoms with Gasteiger partial charge in [-0.05, 0) is 33.0 Å². The standard InChI is InChI=1S/C13H26N4O/c1-16-8-10-17(11-9-16)7-6-15-13(18)12-2-4-14-5-3-12/h12,14H,2-11H2,1H3,(H,15,18). The van der Waals surface area contributed by atoms with Gasteiger partial charge >= 0.3 is 0 Å². The fourth-order valence-corrected chi connectivity index (χ4v) is 2.64. The Morgan fingerprint density at radius 1 is 1.22 bits per heavy atom. The second-order valence-electron chi connectivity index (χ2n) is 5.46. The van der Waals surface area contributed by atoms with Crippen LogP contribution in [0.3, 0.4) is 0 Å². The van der Waals surface area contributed by atoms with E-state index in [1.165, 1.54) is 0 Å². The Balaban J connectivity index is 1.58. The summed E-state index contributed by atoms with van der Waals surface area (Å²) in [4.78, 5) is 16.7. The van der Waals surface area contributed by atoms with Gasteiger partial charge < -0.3 is 15.5 Å². The van der Waals surface area contributed by atoms with Crippen molar-refractivity contribution in [2.75, 3.05) is 59.4 Å². The average Bonchev–Trinajstić information content (AvgIpc) is 2.42. The lowest BCUT2D eigenvalue weighted by atomic mass is 9.97. The Bertz CT molecular complexity index is 258. The van der Waals surface area contributed by atoms with Gasteiger partial charge in [0.05, 0.1) is 0 Å². The Morgan fingerprint density at radius 2 is 1.89 bits per heavy atom. The van der Waals surface area contributed by atoms with E-state index in [1.807, 2.05) is 0 Å². The first-order valence-corrected chi connectivity index (χ1v) is 7.15. The topological polar surface area (TPSA) is 47.6 Å². The number of piperazine rings is 1. The maximum absolute atomic E-state index is 11.9. The summed E-state index contributed by atoms with van der Waals surface area (Å²) in [7, 11) is 2.16. The maximum atomic E-state index is 11.9. The minimum Gasteiger partial charge on any atom is -0.355 e. The molecule has 0 bridgehead atoms. The van der Waals surface area contributed by atoms with Gasteiger partial charge in [-0.1, -0.05) is 0 Å². The van der Waals surface area contributed by atoms with Crippen molar-refractivity contribution in [3.63, 3.8) is 0 Å². The predicted molar refractivity (Wildman–Crippen MR) is 72.5 cm³/mol. The number of carbonyl (C=O) groups excluding carboxylic acids is 1. The molecule has 2 saturated heterocycles. The van der Waals surface area contributed by atoms with Crippen molar-refractivity contribution < 1.29 is 4.79 Å². The van der Waals surface area contributed by atoms with E-state index in [-0.39, 0.29) is 11.8 Å². The predicted octanol–water partition coefficient (Wildman–Crippen LogP) is -0.650. The molecule has 2 fully saturated rings. The molecule has 5 heteroatoms. The number of rotatable bonds is 4. The molecule has 0 spiro atoms. The molecule has 0 unspecified atom stereocenters. The Labute approximate surface area is 110 Å². The van der Waals surface area contributed by atoms with Crippen LogP contribution >= 0.6 is 0 Å². The number of hydrogen-bond acceptors (Lipinski definition) is 4. The zero-order chi connectivity index (χ0) is 12.8. The second-order valence-corrected chi connectivity index (χ2v) is 5.46. The number of carbonyl (C=O) groups is 1. The third-order valence-corrected chi connectivity index (χ3v) is 4.03. The Hall–Kier alpha value is -0.650. The van der Waals surface area contributed by atoms with Crippen LogP contribution < -0.4 is 10.6 Å². The fraction of sp³-hybridized carbons (Fsp3) is 0.923. The van der Waals surface area contributed by atoms with Gasteiger partial charge in [0.15, 0.2) is 0 Å². The molecule has 2 aliphatic heterocycles. The molecule has 0 radical (unpaired) electrons. The summed E-state index contributed by atoms with van der Waals surface area (Å²) >= 11 is 0. The molecular formula is C13H26N4O. The van der Waals surface area contributed by atoms with Crippen LogP contribution in [-0.2, 0) is 4.79 Å². The molecule has 2 aliphatic rings. The lowest BCUT2D eigenvalue weighted by molar-refractivity contribution is -0.125. The summed E-state index contributed by atoms with van der Waals surface area (Å²) in [5, 5.41) is 6.38. The average molecular weight is 254 g/mol.